The van der Waals surface area contributed by atoms with E-state index in [9.17, 15) is 4.79 Å². The molecular weight excluding hydrogens is 212 g/mol. The topological polar surface area (TPSA) is 26.3 Å². The molecule has 1 aromatic rings. The number of hydrogen-bond acceptors (Lipinski definition) is 2. The Morgan fingerprint density at radius 1 is 1.41 bits per heavy atom. The Bertz CT molecular complexity index is 450. The monoisotopic (exact) mass is 230 g/mol. The molecule has 0 atom stereocenters. The third-order valence-corrected chi connectivity index (χ3v) is 2.43. The fraction of sp³-hybridized carbons (Fsp3) is 0.400. The van der Waals surface area contributed by atoms with Gasteiger partial charge in [-0.3, -0.25) is 4.79 Å². The third kappa shape index (κ3) is 4.32. The van der Waals surface area contributed by atoms with Gasteiger partial charge in [-0.1, -0.05) is 30.9 Å². The van der Waals surface area contributed by atoms with Gasteiger partial charge < -0.3 is 4.74 Å². The van der Waals surface area contributed by atoms with Crippen molar-refractivity contribution in [1.82, 2.24) is 0 Å². The van der Waals surface area contributed by atoms with Crippen LogP contribution < -0.4 is 0 Å². The molecule has 0 saturated heterocycles. The number of aryl methyl sites for hydroxylation is 1. The van der Waals surface area contributed by atoms with Gasteiger partial charge in [0.1, 0.15) is 0 Å². The quantitative estimate of drug-likeness (QED) is 0.589. The van der Waals surface area contributed by atoms with Crippen LogP contribution in [0.1, 0.15) is 36.5 Å². The van der Waals surface area contributed by atoms with Gasteiger partial charge in [-0.15, -0.1) is 0 Å². The van der Waals surface area contributed by atoms with Gasteiger partial charge in [0.25, 0.3) is 0 Å². The van der Waals surface area contributed by atoms with Crippen LogP contribution in [-0.2, 0) is 16.0 Å². The van der Waals surface area contributed by atoms with Gasteiger partial charge in [0, 0.05) is 12.0 Å². The third-order valence-electron chi connectivity index (χ3n) is 2.43. The number of carbonyl (C=O) groups excluding carboxylic acids is 1. The summed E-state index contributed by atoms with van der Waals surface area (Å²) in [7, 11) is 1.40. The predicted molar refractivity (Wildman–Crippen MR) is 68.7 cm³/mol. The highest BCUT2D eigenvalue weighted by Gasteiger charge is 2.06. The number of esters is 1. The van der Waals surface area contributed by atoms with Gasteiger partial charge in [-0.25, -0.2) is 0 Å². The zero-order chi connectivity index (χ0) is 12.7. The molecule has 0 heterocycles. The lowest BCUT2D eigenvalue weighted by atomic mass is 10.0. The van der Waals surface area contributed by atoms with E-state index in [1.165, 1.54) is 7.11 Å². The second-order valence-corrected chi connectivity index (χ2v) is 3.97. The van der Waals surface area contributed by atoms with Crippen molar-refractivity contribution in [1.29, 1.82) is 0 Å². The Labute approximate surface area is 103 Å². The van der Waals surface area contributed by atoms with E-state index >= 15 is 0 Å². The molecule has 1 rings (SSSR count). The average Bonchev–Trinajstić information content (AvgIpc) is 2.32. The van der Waals surface area contributed by atoms with Crippen LogP contribution in [0.2, 0.25) is 0 Å². The lowest BCUT2D eigenvalue weighted by Gasteiger charge is -2.04. The van der Waals surface area contributed by atoms with Crippen LogP contribution in [0.15, 0.2) is 18.2 Å². The summed E-state index contributed by atoms with van der Waals surface area (Å²) in [5.74, 6) is 6.01. The van der Waals surface area contributed by atoms with Crippen LogP contribution >= 0.6 is 0 Å². The molecule has 0 fully saturated rings. The van der Waals surface area contributed by atoms with Crippen molar-refractivity contribution in [3.63, 3.8) is 0 Å². The first kappa shape index (κ1) is 13.3. The van der Waals surface area contributed by atoms with Crippen molar-refractivity contribution >= 4 is 5.97 Å². The largest absolute Gasteiger partial charge is 0.469 e. The minimum atomic E-state index is -0.229. The Morgan fingerprint density at radius 3 is 2.82 bits per heavy atom. The number of rotatable bonds is 3. The zero-order valence-corrected chi connectivity index (χ0v) is 10.7. The summed E-state index contributed by atoms with van der Waals surface area (Å²) in [4.78, 5) is 11.3. The average molecular weight is 230 g/mol. The van der Waals surface area contributed by atoms with E-state index in [-0.39, 0.29) is 12.4 Å². The molecule has 0 aromatic heterocycles. The van der Waals surface area contributed by atoms with Gasteiger partial charge in [0.2, 0.25) is 0 Å². The van der Waals surface area contributed by atoms with E-state index in [2.05, 4.69) is 23.5 Å². The maximum atomic E-state index is 11.3. The van der Waals surface area contributed by atoms with Crippen LogP contribution in [0.4, 0.5) is 0 Å². The Morgan fingerprint density at radius 2 is 2.18 bits per heavy atom. The van der Waals surface area contributed by atoms with Crippen molar-refractivity contribution in [2.45, 2.75) is 33.1 Å². The SMILES string of the molecule is CCCC#Cc1cc(C)ccc1CC(=O)OC. The van der Waals surface area contributed by atoms with E-state index in [4.69, 9.17) is 0 Å². The number of ether oxygens (including phenoxy) is 1. The number of methoxy groups -OCH3 is 1. The molecule has 1 aromatic carbocycles. The summed E-state index contributed by atoms with van der Waals surface area (Å²) < 4.78 is 4.68. The highest BCUT2D eigenvalue weighted by Crippen LogP contribution is 2.12. The fourth-order valence-corrected chi connectivity index (χ4v) is 1.47. The van der Waals surface area contributed by atoms with Crippen molar-refractivity contribution in [3.05, 3.63) is 34.9 Å². The van der Waals surface area contributed by atoms with Gasteiger partial charge in [0.05, 0.1) is 13.5 Å². The number of unbranched alkanes of at least 4 members (excludes halogenated alkanes) is 1. The maximum absolute atomic E-state index is 11.3. The Kier molecular flexibility index (Phi) is 5.29. The molecular formula is C15H18O2. The molecule has 90 valence electrons. The molecule has 2 heteroatoms. The first-order valence-corrected chi connectivity index (χ1v) is 5.82. The van der Waals surface area contributed by atoms with Crippen LogP contribution in [0.5, 0.6) is 0 Å². The van der Waals surface area contributed by atoms with Crippen molar-refractivity contribution in [2.75, 3.05) is 7.11 Å². The molecule has 0 aliphatic rings. The smallest absolute Gasteiger partial charge is 0.310 e. The lowest BCUT2D eigenvalue weighted by molar-refractivity contribution is -0.139. The first-order valence-electron chi connectivity index (χ1n) is 5.82. The standard InChI is InChI=1S/C15H18O2/c1-4-5-6-7-13-10-12(2)8-9-14(13)11-15(16)17-3/h8-10H,4-5,11H2,1-3H3. The van der Waals surface area contributed by atoms with Gasteiger partial charge in [-0.05, 0) is 30.5 Å². The molecule has 0 unspecified atom stereocenters. The van der Waals surface area contributed by atoms with E-state index < -0.39 is 0 Å². The second kappa shape index (κ2) is 6.75. The van der Waals surface area contributed by atoms with Crippen LogP contribution in [0, 0.1) is 18.8 Å². The lowest BCUT2D eigenvalue weighted by Crippen LogP contribution is -2.06. The maximum Gasteiger partial charge on any atom is 0.310 e. The van der Waals surface area contributed by atoms with E-state index in [0.717, 1.165) is 29.5 Å². The van der Waals surface area contributed by atoms with Gasteiger partial charge in [-0.2, -0.15) is 0 Å². The number of benzene rings is 1. The molecule has 0 amide bonds. The summed E-state index contributed by atoms with van der Waals surface area (Å²) in [5.41, 5.74) is 3.02. The summed E-state index contributed by atoms with van der Waals surface area (Å²) in [6.07, 6.45) is 2.21. The van der Waals surface area contributed by atoms with Crippen molar-refractivity contribution < 1.29 is 9.53 Å². The first-order chi connectivity index (χ1) is 8.17. The Balaban J connectivity index is 2.96. The van der Waals surface area contributed by atoms with Gasteiger partial charge >= 0.3 is 5.97 Å². The highest BCUT2D eigenvalue weighted by atomic mass is 16.5. The second-order valence-electron chi connectivity index (χ2n) is 3.97. The molecule has 0 aliphatic heterocycles. The molecule has 0 spiro atoms. The minimum Gasteiger partial charge on any atom is -0.469 e. The fourth-order valence-electron chi connectivity index (χ4n) is 1.47. The van der Waals surface area contributed by atoms with Crippen molar-refractivity contribution in [3.8, 4) is 11.8 Å². The molecule has 2 nitrogen and oxygen atoms in total. The summed E-state index contributed by atoms with van der Waals surface area (Å²) in [6.45, 7) is 4.12. The van der Waals surface area contributed by atoms with Crippen LogP contribution in [0.25, 0.3) is 0 Å². The zero-order valence-electron chi connectivity index (χ0n) is 10.7. The van der Waals surface area contributed by atoms with Crippen LogP contribution in [0.3, 0.4) is 0 Å². The highest BCUT2D eigenvalue weighted by molar-refractivity contribution is 5.73. The Hall–Kier alpha value is -1.75. The van der Waals surface area contributed by atoms with E-state index in [0.29, 0.717) is 0 Å². The van der Waals surface area contributed by atoms with Crippen LogP contribution in [-0.4, -0.2) is 13.1 Å². The summed E-state index contributed by atoms with van der Waals surface area (Å²) in [5, 5.41) is 0. The number of hydrogen-bond donors (Lipinski definition) is 0. The summed E-state index contributed by atoms with van der Waals surface area (Å²) >= 11 is 0. The number of carbonyl (C=O) groups is 1. The molecule has 0 N–H and O–H groups in total. The summed E-state index contributed by atoms with van der Waals surface area (Å²) in [6, 6.07) is 5.95. The normalized spacial score (nSPS) is 9.35. The van der Waals surface area contributed by atoms with E-state index in [1.54, 1.807) is 0 Å². The molecule has 17 heavy (non-hydrogen) atoms. The molecule has 0 saturated carbocycles. The minimum absolute atomic E-state index is 0.229. The molecule has 0 radical (unpaired) electrons. The van der Waals surface area contributed by atoms with Crippen molar-refractivity contribution in [2.24, 2.45) is 0 Å². The molecule has 0 aliphatic carbocycles. The molecule has 0 bridgehead atoms. The van der Waals surface area contributed by atoms with Gasteiger partial charge in [0.15, 0.2) is 0 Å². The van der Waals surface area contributed by atoms with E-state index in [1.807, 2.05) is 25.1 Å². The predicted octanol–water partition coefficient (Wildman–Crippen LogP) is 2.86.